The third kappa shape index (κ3) is 2.78. The van der Waals surface area contributed by atoms with Crippen molar-refractivity contribution in [2.45, 2.75) is 0 Å². The van der Waals surface area contributed by atoms with Crippen molar-refractivity contribution in [1.82, 2.24) is 4.68 Å². The van der Waals surface area contributed by atoms with E-state index in [0.717, 1.165) is 11.3 Å². The Balaban J connectivity index is 1.75. The molecule has 1 aliphatic heterocycles. The summed E-state index contributed by atoms with van der Waals surface area (Å²) in [5.74, 6) is -0.312. The first-order valence-corrected chi connectivity index (χ1v) is 7.79. The molecule has 2 aromatic rings. The number of anilines is 1. The van der Waals surface area contributed by atoms with Crippen molar-refractivity contribution in [3.05, 3.63) is 39.2 Å². The van der Waals surface area contributed by atoms with E-state index in [1.807, 2.05) is 6.07 Å². The Morgan fingerprint density at radius 2 is 2.05 bits per heavy atom. The number of carbonyl (C=O) groups is 2. The lowest BCUT2D eigenvalue weighted by atomic mass is 10.3. The van der Waals surface area contributed by atoms with Gasteiger partial charge in [-0.1, -0.05) is 41.8 Å². The maximum Gasteiger partial charge on any atom is 0.284 e. The van der Waals surface area contributed by atoms with Gasteiger partial charge in [0.25, 0.3) is 5.91 Å². The first-order chi connectivity index (χ1) is 10.6. The molecule has 0 unspecified atom stereocenters. The number of carbonyl (C=O) groups excluding carboxylic acids is 2. The van der Waals surface area contributed by atoms with E-state index in [2.05, 4.69) is 10.7 Å². The molecule has 2 heterocycles. The largest absolute Gasteiger partial charge is 0.468 e. The van der Waals surface area contributed by atoms with Crippen LogP contribution in [0.5, 0.6) is 5.88 Å². The first-order valence-electron chi connectivity index (χ1n) is 6.15. The lowest BCUT2D eigenvalue weighted by Crippen LogP contribution is -2.32. The van der Waals surface area contributed by atoms with Crippen molar-refractivity contribution in [2.24, 2.45) is 0 Å². The number of thiazole rings is 1. The monoisotopic (exact) mass is 351 g/mol. The molecule has 0 fully saturated rings. The molecule has 0 saturated heterocycles. The fraction of sp³-hybridized carbons (Fsp3) is 0.0769. The zero-order chi connectivity index (χ0) is 15.7. The number of nitrogens with one attached hydrogen (secondary N) is 2. The first kappa shape index (κ1) is 14.8. The van der Waals surface area contributed by atoms with E-state index >= 15 is 0 Å². The summed E-state index contributed by atoms with van der Waals surface area (Å²) in [5, 5.41) is 2.66. The van der Waals surface area contributed by atoms with E-state index in [-0.39, 0.29) is 17.4 Å². The number of aromatic nitrogens is 1. The van der Waals surface area contributed by atoms with E-state index in [0.29, 0.717) is 20.4 Å². The molecule has 1 aliphatic rings. The second-order valence-electron chi connectivity index (χ2n) is 4.31. The van der Waals surface area contributed by atoms with E-state index in [1.54, 1.807) is 24.3 Å². The van der Waals surface area contributed by atoms with Crippen LogP contribution >= 0.6 is 35.8 Å². The van der Waals surface area contributed by atoms with E-state index in [9.17, 15) is 9.59 Å². The lowest BCUT2D eigenvalue weighted by molar-refractivity contribution is -0.110. The van der Waals surface area contributed by atoms with Gasteiger partial charge < -0.3 is 10.1 Å². The van der Waals surface area contributed by atoms with Crippen molar-refractivity contribution in [2.75, 3.05) is 17.3 Å². The van der Waals surface area contributed by atoms with Gasteiger partial charge in [-0.05, 0) is 24.4 Å². The number of ether oxygens (including phenoxy) is 1. The minimum absolute atomic E-state index is 0.0264. The predicted molar refractivity (Wildman–Crippen MR) is 90.0 cm³/mol. The maximum absolute atomic E-state index is 12.0. The number of para-hydroxylation sites is 1. The molecular weight excluding hydrogens is 342 g/mol. The Kier molecular flexibility index (Phi) is 4.01. The van der Waals surface area contributed by atoms with E-state index < -0.39 is 5.91 Å². The number of hydrogen-bond acceptors (Lipinski definition) is 6. The lowest BCUT2D eigenvalue weighted by Gasteiger charge is -2.11. The highest BCUT2D eigenvalue weighted by molar-refractivity contribution is 7.82. The molecule has 0 bridgehead atoms. The molecule has 22 heavy (non-hydrogen) atoms. The third-order valence-electron chi connectivity index (χ3n) is 2.81. The van der Waals surface area contributed by atoms with Crippen molar-refractivity contribution in [3.63, 3.8) is 0 Å². The highest BCUT2D eigenvalue weighted by Gasteiger charge is 2.28. The molecule has 3 rings (SSSR count). The molecule has 1 aromatic carbocycles. The van der Waals surface area contributed by atoms with Crippen LogP contribution < -0.4 is 15.5 Å². The number of benzene rings is 1. The Morgan fingerprint density at radius 1 is 1.32 bits per heavy atom. The fourth-order valence-electron chi connectivity index (χ4n) is 1.82. The molecular formula is C13H9N3O3S3. The molecule has 1 amide bonds. The topological polar surface area (TPSA) is 72.4 Å². The van der Waals surface area contributed by atoms with Crippen LogP contribution in [0.2, 0.25) is 0 Å². The second-order valence-corrected chi connectivity index (χ2v) is 6.36. The number of thiocarbonyl (C=S) groups is 1. The highest BCUT2D eigenvalue weighted by atomic mass is 32.1. The summed E-state index contributed by atoms with van der Waals surface area (Å²) in [4.78, 5) is 24.0. The second kappa shape index (κ2) is 5.95. The van der Waals surface area contributed by atoms with Gasteiger partial charge in [-0.25, -0.2) is 4.68 Å². The average molecular weight is 351 g/mol. The standard InChI is InChI=1S/C13H9N3O3S3/c17-8-6-19-12-9(8)22-13(21)16(12)15-11(20)10(18)14-7-4-2-1-3-5-7/h1-5H,6H2,(H,14,18)(H,15,20). The van der Waals surface area contributed by atoms with Gasteiger partial charge in [-0.2, -0.15) is 0 Å². The normalized spacial score (nSPS) is 12.5. The molecule has 112 valence electrons. The maximum atomic E-state index is 12.0. The summed E-state index contributed by atoms with van der Waals surface area (Å²) >= 11 is 11.3. The summed E-state index contributed by atoms with van der Waals surface area (Å²) in [5.41, 5.74) is 3.32. The van der Waals surface area contributed by atoms with Crippen LogP contribution in [0, 0.1) is 3.95 Å². The van der Waals surface area contributed by atoms with Crippen LogP contribution in [0.4, 0.5) is 5.69 Å². The smallest absolute Gasteiger partial charge is 0.284 e. The molecule has 0 radical (unpaired) electrons. The van der Waals surface area contributed by atoms with Crippen LogP contribution in [-0.4, -0.2) is 28.0 Å². The van der Waals surface area contributed by atoms with Crippen molar-refractivity contribution in [3.8, 4) is 5.88 Å². The Hall–Kier alpha value is -2.10. The molecule has 0 saturated carbocycles. The van der Waals surface area contributed by atoms with Gasteiger partial charge in [-0.15, -0.1) is 0 Å². The molecule has 6 nitrogen and oxygen atoms in total. The van der Waals surface area contributed by atoms with Gasteiger partial charge >= 0.3 is 0 Å². The van der Waals surface area contributed by atoms with Gasteiger partial charge in [0.2, 0.25) is 11.7 Å². The number of nitrogens with zero attached hydrogens (tertiary/aromatic N) is 1. The van der Waals surface area contributed by atoms with Crippen LogP contribution in [0.25, 0.3) is 0 Å². The zero-order valence-corrected chi connectivity index (χ0v) is 13.4. The Labute approximate surface area is 139 Å². The van der Waals surface area contributed by atoms with Gasteiger partial charge in [-0.3, -0.25) is 15.0 Å². The minimum atomic E-state index is -0.479. The third-order valence-corrected chi connectivity index (χ3v) is 4.49. The van der Waals surface area contributed by atoms with Crippen molar-refractivity contribution >= 4 is 58.1 Å². The minimum Gasteiger partial charge on any atom is -0.468 e. The van der Waals surface area contributed by atoms with Crippen LogP contribution in [0.3, 0.4) is 0 Å². The molecule has 0 aliphatic carbocycles. The summed E-state index contributed by atoms with van der Waals surface area (Å²) in [7, 11) is 0. The van der Waals surface area contributed by atoms with Crippen molar-refractivity contribution in [1.29, 1.82) is 0 Å². The van der Waals surface area contributed by atoms with Gasteiger partial charge in [0, 0.05) is 5.69 Å². The quantitative estimate of drug-likeness (QED) is 0.810. The molecule has 0 atom stereocenters. The highest BCUT2D eigenvalue weighted by Crippen LogP contribution is 2.31. The number of fused-ring (bicyclic) bond motifs is 1. The number of hydrogen-bond donors (Lipinski definition) is 2. The summed E-state index contributed by atoms with van der Waals surface area (Å²) < 4.78 is 6.96. The summed E-state index contributed by atoms with van der Waals surface area (Å²) in [6.45, 7) is -0.0264. The van der Waals surface area contributed by atoms with Crippen molar-refractivity contribution < 1.29 is 14.3 Å². The number of ketones is 1. The van der Waals surface area contributed by atoms with Crippen LogP contribution in [0.15, 0.2) is 30.3 Å². The molecule has 9 heteroatoms. The van der Waals surface area contributed by atoms with Crippen LogP contribution in [0.1, 0.15) is 9.67 Å². The summed E-state index contributed by atoms with van der Waals surface area (Å²) in [6.07, 6.45) is 0. The van der Waals surface area contributed by atoms with E-state index in [4.69, 9.17) is 29.2 Å². The van der Waals surface area contributed by atoms with E-state index in [1.165, 1.54) is 4.68 Å². The average Bonchev–Trinajstić information content (AvgIpc) is 3.01. The number of amides is 1. The van der Waals surface area contributed by atoms with Gasteiger partial charge in [0.1, 0.15) is 4.88 Å². The Morgan fingerprint density at radius 3 is 2.77 bits per heavy atom. The van der Waals surface area contributed by atoms with Gasteiger partial charge in [0.15, 0.2) is 15.5 Å². The number of rotatable bonds is 2. The van der Waals surface area contributed by atoms with Crippen LogP contribution in [-0.2, 0) is 4.79 Å². The van der Waals surface area contributed by atoms with Gasteiger partial charge in [0.05, 0.1) is 0 Å². The summed E-state index contributed by atoms with van der Waals surface area (Å²) in [6, 6.07) is 8.93. The SMILES string of the molecule is O=C(Nc1ccccc1)C(=S)Nn1c2c(sc1=S)C(=O)CO2. The zero-order valence-electron chi connectivity index (χ0n) is 11.0. The molecule has 0 spiro atoms. The fourth-order valence-corrected chi connectivity index (χ4v) is 3.15. The number of Topliss-reactive ketones (excluding diaryl/α,β-unsaturated/α-hetero) is 1. The predicted octanol–water partition coefficient (Wildman–Crippen LogP) is 2.36. The molecule has 1 aromatic heterocycles. The Bertz CT molecular complexity index is 826. The molecule has 2 N–H and O–H groups in total.